The fourth-order valence-corrected chi connectivity index (χ4v) is 9.06. The molecule has 6 aromatic rings. The van der Waals surface area contributed by atoms with E-state index >= 15 is 4.39 Å². The normalized spacial score (nSPS) is 19.4. The van der Waals surface area contributed by atoms with Gasteiger partial charge in [-0.05, 0) is 70.5 Å². The predicted octanol–water partition coefficient (Wildman–Crippen LogP) is 4.99. The molecule has 2 amide bonds. The Morgan fingerprint density at radius 2 is 1.75 bits per heavy atom. The molecule has 0 aliphatic carbocycles. The number of imidazole rings is 1. The van der Waals surface area contributed by atoms with Gasteiger partial charge in [-0.3, -0.25) is 9.69 Å². The van der Waals surface area contributed by atoms with Gasteiger partial charge >= 0.3 is 18.1 Å². The average molecular weight is 923 g/mol. The number of ether oxygens (including phenoxy) is 3. The molecule has 2 N–H and O–H groups in total. The summed E-state index contributed by atoms with van der Waals surface area (Å²) in [5.74, 6) is -1.33. The van der Waals surface area contributed by atoms with Crippen LogP contribution in [0.15, 0.2) is 54.7 Å². The predicted molar refractivity (Wildman–Crippen MR) is 243 cm³/mol. The number of benzene rings is 2. The number of hydrogen-bond donors (Lipinski definition) is 2. The summed E-state index contributed by atoms with van der Waals surface area (Å²) in [6, 6.07) is 10.5. The van der Waals surface area contributed by atoms with Crippen LogP contribution in [0, 0.1) is 18.6 Å². The minimum Gasteiger partial charge on any atom is -0.478 e. The molecule has 9 rings (SSSR count). The van der Waals surface area contributed by atoms with Crippen molar-refractivity contribution in [1.29, 1.82) is 0 Å². The lowest BCUT2D eigenvalue weighted by Crippen LogP contribution is -2.50. The lowest BCUT2D eigenvalue weighted by Gasteiger charge is -2.35. The van der Waals surface area contributed by atoms with Gasteiger partial charge in [0, 0.05) is 77.6 Å². The maximum atomic E-state index is 15.2. The number of carboxylic acids is 1. The van der Waals surface area contributed by atoms with E-state index < -0.39 is 35.4 Å². The summed E-state index contributed by atoms with van der Waals surface area (Å²) in [4.78, 5) is 66.6. The van der Waals surface area contributed by atoms with Gasteiger partial charge in [0.1, 0.15) is 47.3 Å². The van der Waals surface area contributed by atoms with Crippen LogP contribution in [-0.2, 0) is 20.8 Å². The molecular formula is C46H52F2N12O7. The lowest BCUT2D eigenvalue weighted by atomic mass is 10.1. The Labute approximate surface area is 384 Å². The van der Waals surface area contributed by atoms with Crippen LogP contribution >= 0.6 is 0 Å². The Bertz CT molecular complexity index is 2880. The molecule has 0 radical (unpaired) electrons. The number of methoxy groups -OCH3 is 1. The highest BCUT2D eigenvalue weighted by Gasteiger charge is 2.41. The first-order valence-corrected chi connectivity index (χ1v) is 22.1. The summed E-state index contributed by atoms with van der Waals surface area (Å²) >= 11 is 0. The number of aryl methyl sites for hydroxylation is 1. The number of aromatic carboxylic acids is 1. The van der Waals surface area contributed by atoms with Crippen LogP contribution in [0.4, 0.5) is 25.2 Å². The summed E-state index contributed by atoms with van der Waals surface area (Å²) in [7, 11) is 3.30. The van der Waals surface area contributed by atoms with E-state index in [-0.39, 0.29) is 60.6 Å². The molecule has 2 fully saturated rings. The Kier molecular flexibility index (Phi) is 12.1. The van der Waals surface area contributed by atoms with E-state index in [4.69, 9.17) is 29.2 Å². The Morgan fingerprint density at radius 1 is 0.955 bits per heavy atom. The van der Waals surface area contributed by atoms with Gasteiger partial charge in [-0.1, -0.05) is 6.07 Å². The molecule has 2 saturated heterocycles. The number of likely N-dealkylation sites (N-methyl/N-ethyl adjacent to an activating group) is 1. The van der Waals surface area contributed by atoms with E-state index in [2.05, 4.69) is 20.3 Å². The number of carbonyl (C=O) groups excluding carboxylic acids is 2. The lowest BCUT2D eigenvalue weighted by molar-refractivity contribution is -0.132. The fourth-order valence-electron chi connectivity index (χ4n) is 9.06. The topological polar surface area (TPSA) is 198 Å². The number of aromatic nitrogens is 7. The van der Waals surface area contributed by atoms with Crippen molar-refractivity contribution in [1.82, 2.24) is 49.0 Å². The van der Waals surface area contributed by atoms with Crippen molar-refractivity contribution in [2.24, 2.45) is 0 Å². The standard InChI is InChI=1S/C46H52F2N12O7/c1-26-50-35-20-28(48)19-31-34-8-7-9-38(52-34)51-29-21-37(42(61)55(5)24-30(65-6)25-58(26)39(31)35)59(23-29)40-33-22-49-60(36-11-10-27(47)18-32(36)43(62)63)41(33)54-44(53-40)66-17-16-56-12-14-57(15-13-56)45(64)67-46(2,3)4/h7-11,18-20,22,29-30,37H,12-17,21,23-25H2,1-6H3,(H,51,52)(H,62,63)/t29-,30-,37-/m0/s1. The second-order valence-corrected chi connectivity index (χ2v) is 18.1. The van der Waals surface area contributed by atoms with Gasteiger partial charge in [0.15, 0.2) is 5.65 Å². The van der Waals surface area contributed by atoms with Crippen molar-refractivity contribution >= 4 is 51.7 Å². The summed E-state index contributed by atoms with van der Waals surface area (Å²) < 4.78 is 50.7. The number of pyridine rings is 1. The average Bonchev–Trinajstić information content (AvgIpc) is 3.99. The largest absolute Gasteiger partial charge is 0.478 e. The van der Waals surface area contributed by atoms with Crippen molar-refractivity contribution in [2.75, 3.05) is 76.8 Å². The van der Waals surface area contributed by atoms with E-state index in [1.165, 1.54) is 29.1 Å². The number of anilines is 2. The van der Waals surface area contributed by atoms with Gasteiger partial charge in [-0.2, -0.15) is 15.1 Å². The van der Waals surface area contributed by atoms with Crippen LogP contribution in [-0.4, -0.2) is 162 Å². The molecular weight excluding hydrogens is 871 g/mol. The number of piperazine rings is 1. The SMILES string of the molecule is CO[C@H]1CN(C)C(=O)[C@@H]2C[C@@H](CN2c2nc(OCCN3CCN(C(=O)OC(C)(C)C)CC3)nc3c2cnn3-c2ccc(F)cc2C(=O)O)Nc2cccc(n2)-c2cc(F)cc3nc(C)n(c23)C1. The highest BCUT2D eigenvalue weighted by atomic mass is 19.1. The van der Waals surface area contributed by atoms with Crippen molar-refractivity contribution in [3.05, 3.63) is 77.8 Å². The molecule has 3 atom stereocenters. The second-order valence-electron chi connectivity index (χ2n) is 18.1. The van der Waals surface area contributed by atoms with Gasteiger partial charge in [0.05, 0.1) is 52.2 Å². The number of carbonyl (C=O) groups is 3. The molecule has 0 saturated carbocycles. The molecule has 3 aliphatic heterocycles. The van der Waals surface area contributed by atoms with E-state index in [0.29, 0.717) is 90.8 Å². The van der Waals surface area contributed by atoms with Crippen molar-refractivity contribution in [3.8, 4) is 23.0 Å². The van der Waals surface area contributed by atoms with Gasteiger partial charge in [-0.25, -0.2) is 33.0 Å². The number of hydrogen-bond acceptors (Lipinski definition) is 14. The zero-order valence-electron chi connectivity index (χ0n) is 38.1. The van der Waals surface area contributed by atoms with Crippen LogP contribution in [0.5, 0.6) is 6.01 Å². The summed E-state index contributed by atoms with van der Waals surface area (Å²) in [5, 5.41) is 18.6. The third-order valence-corrected chi connectivity index (χ3v) is 12.3. The molecule has 19 nitrogen and oxygen atoms in total. The van der Waals surface area contributed by atoms with Crippen LogP contribution in [0.3, 0.4) is 0 Å². The maximum Gasteiger partial charge on any atom is 0.410 e. The minimum atomic E-state index is -1.37. The second kappa shape index (κ2) is 18.0. The van der Waals surface area contributed by atoms with Gasteiger partial charge < -0.3 is 43.9 Å². The number of nitrogens with one attached hydrogen (secondary N) is 1. The number of amides is 2. The third-order valence-electron chi connectivity index (χ3n) is 12.3. The first kappa shape index (κ1) is 45.2. The van der Waals surface area contributed by atoms with Gasteiger partial charge in [0.2, 0.25) is 5.91 Å². The van der Waals surface area contributed by atoms with Crippen molar-refractivity contribution in [3.63, 3.8) is 0 Å². The highest BCUT2D eigenvalue weighted by Crippen LogP contribution is 2.36. The molecule has 2 aromatic carbocycles. The Hall–Kier alpha value is -7.00. The molecule has 0 unspecified atom stereocenters. The van der Waals surface area contributed by atoms with E-state index in [1.807, 2.05) is 55.4 Å². The van der Waals surface area contributed by atoms with Crippen LogP contribution < -0.4 is 15.0 Å². The fraction of sp³-hybridized carbons (Fsp3) is 0.435. The van der Waals surface area contributed by atoms with Gasteiger partial charge in [-0.15, -0.1) is 0 Å². The van der Waals surface area contributed by atoms with Crippen molar-refractivity contribution < 1.29 is 42.5 Å². The van der Waals surface area contributed by atoms with E-state index in [0.717, 1.165) is 12.1 Å². The summed E-state index contributed by atoms with van der Waals surface area (Å²) in [6.45, 7) is 10.8. The number of fused-ring (bicyclic) bond motifs is 6. The molecule has 0 spiro atoms. The number of halogens is 2. The Morgan fingerprint density at radius 3 is 2.49 bits per heavy atom. The van der Waals surface area contributed by atoms with Crippen LogP contribution in [0.25, 0.3) is 39.0 Å². The van der Waals surface area contributed by atoms with Crippen molar-refractivity contribution in [2.45, 2.75) is 64.4 Å². The number of nitrogens with zero attached hydrogens (tertiary/aromatic N) is 11. The highest BCUT2D eigenvalue weighted by molar-refractivity contribution is 5.96. The molecule has 4 bridgehead atoms. The van der Waals surface area contributed by atoms with E-state index in [1.54, 1.807) is 24.0 Å². The zero-order chi connectivity index (χ0) is 47.3. The minimum absolute atomic E-state index is 0.0561. The van der Waals surface area contributed by atoms with Gasteiger partial charge in [0.25, 0.3) is 0 Å². The van der Waals surface area contributed by atoms with Crippen LogP contribution in [0.2, 0.25) is 0 Å². The van der Waals surface area contributed by atoms with Crippen LogP contribution in [0.1, 0.15) is 43.4 Å². The maximum absolute atomic E-state index is 15.2. The molecule has 21 heteroatoms. The quantitative estimate of drug-likeness (QED) is 0.207. The number of carboxylic acid groups (broad SMARTS) is 1. The zero-order valence-corrected chi connectivity index (χ0v) is 38.1. The van der Waals surface area contributed by atoms with E-state index in [9.17, 15) is 23.9 Å². The molecule has 3 aliphatic rings. The first-order chi connectivity index (χ1) is 32.0. The first-order valence-electron chi connectivity index (χ1n) is 22.1. The molecule has 7 heterocycles. The number of rotatable bonds is 8. The smallest absolute Gasteiger partial charge is 0.410 e. The molecule has 352 valence electrons. The Balaban J connectivity index is 1.07. The summed E-state index contributed by atoms with van der Waals surface area (Å²) in [6.07, 6.45) is 0.938. The third kappa shape index (κ3) is 9.24. The molecule has 67 heavy (non-hydrogen) atoms. The molecule has 4 aromatic heterocycles. The monoisotopic (exact) mass is 922 g/mol. The summed E-state index contributed by atoms with van der Waals surface area (Å²) in [5.41, 5.74) is 1.53.